The number of nitrogens with zero attached hydrogens (tertiary/aromatic N) is 1. The van der Waals surface area contributed by atoms with E-state index in [4.69, 9.17) is 0 Å². The van der Waals surface area contributed by atoms with E-state index in [0.29, 0.717) is 18.2 Å². The number of aryl methyl sites for hydroxylation is 1. The van der Waals surface area contributed by atoms with E-state index in [2.05, 4.69) is 22.6 Å². The van der Waals surface area contributed by atoms with Gasteiger partial charge in [-0.2, -0.15) is 0 Å². The predicted molar refractivity (Wildman–Crippen MR) is 101 cm³/mol. The van der Waals surface area contributed by atoms with Gasteiger partial charge in [-0.15, -0.1) is 0 Å². The fourth-order valence-corrected chi connectivity index (χ4v) is 3.34. The molecule has 0 spiro atoms. The summed E-state index contributed by atoms with van der Waals surface area (Å²) in [5.74, 6) is -0.358. The van der Waals surface area contributed by atoms with Crippen LogP contribution >= 0.6 is 0 Å². The molecule has 0 aliphatic heterocycles. The van der Waals surface area contributed by atoms with Gasteiger partial charge in [0.1, 0.15) is 6.04 Å². The van der Waals surface area contributed by atoms with Crippen LogP contribution in [0.3, 0.4) is 0 Å². The Balaban J connectivity index is 1.71. The molecule has 1 fully saturated rings. The second-order valence-electron chi connectivity index (χ2n) is 7.13. The van der Waals surface area contributed by atoms with E-state index < -0.39 is 6.04 Å². The average molecular weight is 345 g/mol. The summed E-state index contributed by atoms with van der Waals surface area (Å²) in [6, 6.07) is 7.45. The van der Waals surface area contributed by atoms with Gasteiger partial charge < -0.3 is 15.5 Å². The van der Waals surface area contributed by atoms with Crippen molar-refractivity contribution in [2.75, 3.05) is 20.1 Å². The van der Waals surface area contributed by atoms with Crippen LogP contribution in [0, 0.1) is 6.92 Å². The first kappa shape index (κ1) is 19.4. The summed E-state index contributed by atoms with van der Waals surface area (Å²) in [5, 5.41) is 5.69. The minimum absolute atomic E-state index is 0.141. The third-order valence-corrected chi connectivity index (χ3v) is 4.98. The molecule has 1 saturated carbocycles. The van der Waals surface area contributed by atoms with E-state index in [9.17, 15) is 9.59 Å². The first-order valence-electron chi connectivity index (χ1n) is 9.33. The van der Waals surface area contributed by atoms with Gasteiger partial charge in [0.05, 0.1) is 0 Å². The van der Waals surface area contributed by atoms with Gasteiger partial charge >= 0.3 is 0 Å². The molecular formula is C20H31N3O2. The molecule has 1 aliphatic carbocycles. The molecule has 1 atom stereocenters. The Morgan fingerprint density at radius 1 is 1.24 bits per heavy atom. The lowest BCUT2D eigenvalue weighted by Crippen LogP contribution is -2.47. The maximum atomic E-state index is 12.2. The lowest BCUT2D eigenvalue weighted by Gasteiger charge is -2.31. The largest absolute Gasteiger partial charge is 0.353 e. The third kappa shape index (κ3) is 6.16. The number of likely N-dealkylation sites (N-methyl/N-ethyl adjacent to an activating group) is 1. The van der Waals surface area contributed by atoms with Gasteiger partial charge in [-0.05, 0) is 45.9 Å². The van der Waals surface area contributed by atoms with Gasteiger partial charge in [-0.1, -0.05) is 37.0 Å². The van der Waals surface area contributed by atoms with Crippen molar-refractivity contribution in [2.24, 2.45) is 0 Å². The molecule has 5 nitrogen and oxygen atoms in total. The second-order valence-corrected chi connectivity index (χ2v) is 7.13. The number of hydrogen-bond acceptors (Lipinski definition) is 3. The van der Waals surface area contributed by atoms with Gasteiger partial charge in [-0.25, -0.2) is 0 Å². The van der Waals surface area contributed by atoms with E-state index in [-0.39, 0.29) is 11.8 Å². The number of hydrogen-bond donors (Lipinski definition) is 2. The summed E-state index contributed by atoms with van der Waals surface area (Å²) in [7, 11) is 2.13. The average Bonchev–Trinajstić information content (AvgIpc) is 2.62. The van der Waals surface area contributed by atoms with Crippen molar-refractivity contribution in [3.8, 4) is 0 Å². The molecule has 1 aliphatic rings. The van der Waals surface area contributed by atoms with Crippen LogP contribution in [0.15, 0.2) is 24.3 Å². The fraction of sp³-hybridized carbons (Fsp3) is 0.600. The van der Waals surface area contributed by atoms with Crippen LogP contribution in [0.2, 0.25) is 0 Å². The first-order chi connectivity index (χ1) is 12.0. The standard InChI is InChI=1S/C20H31N3O2/c1-15-8-7-9-17(14-15)20(25)22-16(2)19(24)21-12-13-23(3)18-10-5-4-6-11-18/h7-9,14,16,18H,4-6,10-13H2,1-3H3,(H,21,24)(H,22,25). The van der Waals surface area contributed by atoms with Crippen molar-refractivity contribution in [3.63, 3.8) is 0 Å². The Labute approximate surface area is 151 Å². The van der Waals surface area contributed by atoms with Gasteiger partial charge in [0, 0.05) is 24.7 Å². The Hall–Kier alpha value is -1.88. The number of carbonyl (C=O) groups is 2. The lowest BCUT2D eigenvalue weighted by molar-refractivity contribution is -0.122. The number of rotatable bonds is 7. The van der Waals surface area contributed by atoms with Crippen LogP contribution in [0.5, 0.6) is 0 Å². The highest BCUT2D eigenvalue weighted by Crippen LogP contribution is 2.21. The molecule has 2 rings (SSSR count). The molecule has 1 aromatic carbocycles. The Morgan fingerprint density at radius 2 is 1.96 bits per heavy atom. The molecule has 2 N–H and O–H groups in total. The highest BCUT2D eigenvalue weighted by atomic mass is 16.2. The second kappa shape index (κ2) is 9.56. The molecule has 0 bridgehead atoms. The van der Waals surface area contributed by atoms with Crippen LogP contribution in [0.25, 0.3) is 0 Å². The Kier molecular flexibility index (Phi) is 7.44. The molecule has 0 radical (unpaired) electrons. The van der Waals surface area contributed by atoms with E-state index >= 15 is 0 Å². The summed E-state index contributed by atoms with van der Waals surface area (Å²) in [5.41, 5.74) is 1.60. The summed E-state index contributed by atoms with van der Waals surface area (Å²) in [6.07, 6.45) is 6.48. The minimum Gasteiger partial charge on any atom is -0.353 e. The molecule has 5 heteroatoms. The topological polar surface area (TPSA) is 61.4 Å². The first-order valence-corrected chi connectivity index (χ1v) is 9.33. The van der Waals surface area contributed by atoms with Gasteiger partial charge in [0.2, 0.25) is 5.91 Å². The summed E-state index contributed by atoms with van der Waals surface area (Å²) < 4.78 is 0. The molecule has 138 valence electrons. The molecule has 2 amide bonds. The zero-order valence-corrected chi connectivity index (χ0v) is 15.7. The van der Waals surface area contributed by atoms with Gasteiger partial charge in [0.25, 0.3) is 5.91 Å². The number of nitrogens with one attached hydrogen (secondary N) is 2. The normalized spacial score (nSPS) is 16.5. The van der Waals surface area contributed by atoms with E-state index in [1.165, 1.54) is 32.1 Å². The maximum Gasteiger partial charge on any atom is 0.251 e. The van der Waals surface area contributed by atoms with E-state index in [1.54, 1.807) is 13.0 Å². The Bertz CT molecular complexity index is 582. The summed E-state index contributed by atoms with van der Waals surface area (Å²) in [6.45, 7) is 5.11. The van der Waals surface area contributed by atoms with Crippen molar-refractivity contribution in [1.82, 2.24) is 15.5 Å². The SMILES string of the molecule is Cc1cccc(C(=O)NC(C)C(=O)NCCN(C)C2CCCCC2)c1. The van der Waals surface area contributed by atoms with Crippen molar-refractivity contribution in [1.29, 1.82) is 0 Å². The van der Waals surface area contributed by atoms with Gasteiger partial charge in [0.15, 0.2) is 0 Å². The molecule has 0 aromatic heterocycles. The maximum absolute atomic E-state index is 12.2. The Morgan fingerprint density at radius 3 is 2.64 bits per heavy atom. The van der Waals surface area contributed by atoms with E-state index in [1.807, 2.05) is 25.1 Å². The highest BCUT2D eigenvalue weighted by molar-refractivity contribution is 5.97. The van der Waals surface area contributed by atoms with E-state index in [0.717, 1.165) is 12.1 Å². The van der Waals surface area contributed by atoms with Crippen molar-refractivity contribution in [3.05, 3.63) is 35.4 Å². The monoisotopic (exact) mass is 345 g/mol. The molecule has 1 unspecified atom stereocenters. The number of amides is 2. The zero-order chi connectivity index (χ0) is 18.2. The molecule has 25 heavy (non-hydrogen) atoms. The molecule has 1 aromatic rings. The van der Waals surface area contributed by atoms with Crippen molar-refractivity contribution < 1.29 is 9.59 Å². The quantitative estimate of drug-likeness (QED) is 0.798. The smallest absolute Gasteiger partial charge is 0.251 e. The van der Waals surface area contributed by atoms with Crippen LogP contribution in [0.1, 0.15) is 54.9 Å². The van der Waals surface area contributed by atoms with Crippen LogP contribution < -0.4 is 10.6 Å². The van der Waals surface area contributed by atoms with Crippen LogP contribution in [0.4, 0.5) is 0 Å². The zero-order valence-electron chi connectivity index (χ0n) is 15.7. The number of benzene rings is 1. The minimum atomic E-state index is -0.548. The summed E-state index contributed by atoms with van der Waals surface area (Å²) in [4.78, 5) is 26.7. The fourth-order valence-electron chi connectivity index (χ4n) is 3.34. The number of carbonyl (C=O) groups excluding carboxylic acids is 2. The summed E-state index contributed by atoms with van der Waals surface area (Å²) >= 11 is 0. The molecular weight excluding hydrogens is 314 g/mol. The third-order valence-electron chi connectivity index (χ3n) is 4.98. The molecule has 0 heterocycles. The van der Waals surface area contributed by atoms with Gasteiger partial charge in [-0.3, -0.25) is 9.59 Å². The van der Waals surface area contributed by atoms with Crippen molar-refractivity contribution in [2.45, 2.75) is 58.0 Å². The predicted octanol–water partition coefficient (Wildman–Crippen LogP) is 2.49. The van der Waals surface area contributed by atoms with Crippen LogP contribution in [-0.2, 0) is 4.79 Å². The van der Waals surface area contributed by atoms with Crippen LogP contribution in [-0.4, -0.2) is 48.9 Å². The molecule has 0 saturated heterocycles. The van der Waals surface area contributed by atoms with Crippen molar-refractivity contribution >= 4 is 11.8 Å². The highest BCUT2D eigenvalue weighted by Gasteiger charge is 2.19. The lowest BCUT2D eigenvalue weighted by atomic mass is 9.94.